The fourth-order valence-electron chi connectivity index (χ4n) is 7.73. The number of rotatable bonds is 33. The van der Waals surface area contributed by atoms with Gasteiger partial charge in [-0.15, -0.1) is 0 Å². The van der Waals surface area contributed by atoms with Crippen molar-refractivity contribution in [1.82, 2.24) is 31.9 Å². The minimum Gasteiger partial charge on any atom is -0.482 e. The zero-order valence-corrected chi connectivity index (χ0v) is 46.6. The Morgan fingerprint density at radius 3 is 1.49 bits per heavy atom. The predicted octanol–water partition coefficient (Wildman–Crippen LogP) is 3.14. The Bertz CT molecular complexity index is 2670. The molecule has 0 bridgehead atoms. The largest absolute Gasteiger partial charge is 0.482 e. The van der Waals surface area contributed by atoms with Crippen LogP contribution in [0, 0.1) is 5.92 Å². The van der Waals surface area contributed by atoms with E-state index in [4.69, 9.17) is 39.3 Å². The van der Waals surface area contributed by atoms with E-state index in [2.05, 4.69) is 31.9 Å². The van der Waals surface area contributed by atoms with Crippen LogP contribution in [0.1, 0.15) is 76.6 Å². The lowest BCUT2D eigenvalue weighted by Gasteiger charge is -2.30. The second kappa shape index (κ2) is 33.2. The minimum atomic E-state index is -1.69. The van der Waals surface area contributed by atoms with Crippen molar-refractivity contribution in [3.8, 4) is 5.75 Å². The van der Waals surface area contributed by atoms with Crippen LogP contribution in [0.25, 0.3) is 0 Å². The summed E-state index contributed by atoms with van der Waals surface area (Å²) in [5.74, 6) is -7.74. The lowest BCUT2D eigenvalue weighted by atomic mass is 10.0. The minimum absolute atomic E-state index is 0.00450. The van der Waals surface area contributed by atoms with E-state index in [1.807, 2.05) is 12.1 Å². The highest BCUT2D eigenvalue weighted by Gasteiger charge is 2.37. The summed E-state index contributed by atoms with van der Waals surface area (Å²) in [6.45, 7) is 8.49. The van der Waals surface area contributed by atoms with Crippen molar-refractivity contribution in [2.75, 3.05) is 26.9 Å². The Morgan fingerprint density at radius 2 is 1.00 bits per heavy atom. The van der Waals surface area contributed by atoms with Gasteiger partial charge in [-0.05, 0) is 74.4 Å². The summed E-state index contributed by atoms with van der Waals surface area (Å²) in [6.07, 6.45) is -2.95. The van der Waals surface area contributed by atoms with Gasteiger partial charge in [0, 0.05) is 6.42 Å². The van der Waals surface area contributed by atoms with E-state index in [1.54, 1.807) is 126 Å². The van der Waals surface area contributed by atoms with Crippen molar-refractivity contribution in [1.29, 1.82) is 0 Å². The Hall–Kier alpha value is -8.41. The summed E-state index contributed by atoms with van der Waals surface area (Å²) in [7, 11) is 1.13. The van der Waals surface area contributed by atoms with E-state index < -0.39 is 128 Å². The number of carboxylic acids is 1. The van der Waals surface area contributed by atoms with E-state index in [0.29, 0.717) is 5.56 Å². The zero-order chi connectivity index (χ0) is 59.5. The van der Waals surface area contributed by atoms with Gasteiger partial charge >= 0.3 is 18.0 Å². The zero-order valence-electron chi connectivity index (χ0n) is 46.6. The molecule has 9 N–H and O–H groups in total. The Balaban J connectivity index is 1.62. The molecule has 0 radical (unpaired) electrons. The number of hydrogen-bond acceptors (Lipinski definition) is 15. The molecule has 7 atom stereocenters. The second-order valence-corrected chi connectivity index (χ2v) is 20.3. The van der Waals surface area contributed by atoms with Crippen LogP contribution >= 0.6 is 0 Å². The third-order valence-corrected chi connectivity index (χ3v) is 11.7. The van der Waals surface area contributed by atoms with Gasteiger partial charge in [0.15, 0.2) is 6.61 Å². The summed E-state index contributed by atoms with van der Waals surface area (Å²) in [4.78, 5) is 121. The SMILES string of the molecule is COC(=O)[C@H](Cc1ccc(OCC(=O)O)cc1)NC(=O)[C@@H](NC(=O)[C@H](COCc1ccccc1)NC(=O)[C@H](CC(C)C)NC(=O)[C@H](CC(N)=O)NC(=O)[C@H](COCc1ccccc1)NC(=O)OC(C)(C)C)[C@@H](C)OCc1ccccc1. The maximum Gasteiger partial charge on any atom is 0.408 e. The Kier molecular flexibility index (Phi) is 26.7. The molecule has 81 heavy (non-hydrogen) atoms. The molecular weight excluding hydrogens is 1050 g/mol. The number of carbonyl (C=O) groups is 9. The van der Waals surface area contributed by atoms with Gasteiger partial charge in [0.25, 0.3) is 0 Å². The number of nitrogens with two attached hydrogens (primary N) is 1. The maximum atomic E-state index is 14.7. The van der Waals surface area contributed by atoms with Gasteiger partial charge in [-0.2, -0.15) is 0 Å². The molecule has 0 unspecified atom stereocenters. The number of alkyl carbamates (subject to hydrolysis) is 1. The molecule has 23 nitrogen and oxygen atoms in total. The number of esters is 1. The van der Waals surface area contributed by atoms with Crippen LogP contribution in [-0.4, -0.2) is 133 Å². The number of ether oxygens (including phenoxy) is 6. The average molecular weight is 1130 g/mol. The third-order valence-electron chi connectivity index (χ3n) is 11.7. The molecular formula is C58H75N7O16. The van der Waals surface area contributed by atoms with Gasteiger partial charge in [0.1, 0.15) is 47.6 Å². The van der Waals surface area contributed by atoms with Crippen molar-refractivity contribution in [2.24, 2.45) is 11.7 Å². The number of carboxylic acid groups (broad SMARTS) is 1. The summed E-state index contributed by atoms with van der Waals surface area (Å²) < 4.78 is 33.5. The first-order valence-corrected chi connectivity index (χ1v) is 26.2. The molecule has 0 aliphatic rings. The molecule has 0 spiro atoms. The van der Waals surface area contributed by atoms with E-state index in [9.17, 15) is 43.2 Å². The summed E-state index contributed by atoms with van der Waals surface area (Å²) in [5, 5.41) is 24.5. The predicted molar refractivity (Wildman–Crippen MR) is 294 cm³/mol. The van der Waals surface area contributed by atoms with Crippen molar-refractivity contribution in [3.05, 3.63) is 138 Å². The number of carbonyl (C=O) groups excluding carboxylic acids is 8. The summed E-state index contributed by atoms with van der Waals surface area (Å²) in [6, 6.07) is 24.0. The van der Waals surface area contributed by atoms with Crippen molar-refractivity contribution >= 4 is 53.5 Å². The number of primary amides is 1. The smallest absolute Gasteiger partial charge is 0.408 e. The second-order valence-electron chi connectivity index (χ2n) is 20.3. The summed E-state index contributed by atoms with van der Waals surface area (Å²) in [5.41, 5.74) is 7.36. The van der Waals surface area contributed by atoms with Gasteiger partial charge in [-0.1, -0.05) is 117 Å². The first kappa shape index (κ1) is 65.1. The quantitative estimate of drug-likeness (QED) is 0.0318. The molecule has 438 valence electrons. The molecule has 23 heteroatoms. The summed E-state index contributed by atoms with van der Waals surface area (Å²) >= 11 is 0. The van der Waals surface area contributed by atoms with Crippen LogP contribution in [0.4, 0.5) is 4.79 Å². The van der Waals surface area contributed by atoms with Gasteiger partial charge in [-0.25, -0.2) is 14.4 Å². The average Bonchev–Trinajstić information content (AvgIpc) is 3.42. The van der Waals surface area contributed by atoms with E-state index in [-0.39, 0.29) is 44.3 Å². The Morgan fingerprint density at radius 1 is 0.543 bits per heavy atom. The molecule has 7 amide bonds. The first-order chi connectivity index (χ1) is 38.5. The molecule has 0 aromatic heterocycles. The van der Waals surface area contributed by atoms with Gasteiger partial charge in [0.05, 0.1) is 52.7 Å². The number of aliphatic carboxylic acids is 1. The molecule has 4 aromatic carbocycles. The Labute approximate surface area is 471 Å². The highest BCUT2D eigenvalue weighted by atomic mass is 16.6. The van der Waals surface area contributed by atoms with E-state index >= 15 is 0 Å². The van der Waals surface area contributed by atoms with Gasteiger partial charge < -0.3 is 71.2 Å². The lowest BCUT2D eigenvalue weighted by Crippen LogP contribution is -2.62. The van der Waals surface area contributed by atoms with Crippen LogP contribution in [0.15, 0.2) is 115 Å². The van der Waals surface area contributed by atoms with Crippen LogP contribution in [0.3, 0.4) is 0 Å². The number of methoxy groups -OCH3 is 1. The fraction of sp³-hybridized carbons (Fsp3) is 0.431. The molecule has 0 heterocycles. The van der Waals surface area contributed by atoms with Gasteiger partial charge in [0.2, 0.25) is 35.4 Å². The molecule has 4 aromatic rings. The van der Waals surface area contributed by atoms with Crippen molar-refractivity contribution < 1.29 is 76.7 Å². The van der Waals surface area contributed by atoms with Crippen LogP contribution < -0.4 is 42.4 Å². The van der Waals surface area contributed by atoms with Crippen LogP contribution in [0.5, 0.6) is 5.75 Å². The topological polar surface area (TPSA) is 327 Å². The first-order valence-electron chi connectivity index (χ1n) is 26.2. The molecule has 4 rings (SSSR count). The van der Waals surface area contributed by atoms with E-state index in [1.165, 1.54) is 19.1 Å². The van der Waals surface area contributed by atoms with Crippen molar-refractivity contribution in [3.63, 3.8) is 0 Å². The fourth-order valence-corrected chi connectivity index (χ4v) is 7.73. The number of hydrogen-bond donors (Lipinski definition) is 8. The lowest BCUT2D eigenvalue weighted by molar-refractivity contribution is -0.146. The number of nitrogens with one attached hydrogen (secondary N) is 6. The van der Waals surface area contributed by atoms with Gasteiger partial charge in [-0.3, -0.25) is 28.8 Å². The maximum absolute atomic E-state index is 14.7. The molecule has 0 aliphatic heterocycles. The van der Waals surface area contributed by atoms with Crippen molar-refractivity contribution in [2.45, 2.75) is 129 Å². The third kappa shape index (κ3) is 24.7. The standard InChI is InChI=1S/C58H75N7O16/c1-36(2)27-43(60-52(70)44(29-48(59)66)61-53(71)47(64-57(75)81-58(4,5)6)34-78-31-40-19-13-9-14-20-40)51(69)63-46(33-77-30-39-17-11-8-12-18-39)54(72)65-50(37(3)79-32-41-21-15-10-16-22-41)55(73)62-45(56(74)76-7)28-38-23-25-42(26-24-38)80-35-49(67)68/h8-26,36-37,43-47,50H,27-35H2,1-7H3,(H2,59,66)(H,60,70)(H,61,71)(H,62,73)(H,63,69)(H,64,75)(H,65,72)(H,67,68)/t37-,43+,44+,45+,46+,47+,50+/m1/s1. The highest BCUT2D eigenvalue weighted by molar-refractivity contribution is 5.98. The molecule has 0 saturated carbocycles. The van der Waals surface area contributed by atoms with Crippen LogP contribution in [0.2, 0.25) is 0 Å². The number of amides is 7. The monoisotopic (exact) mass is 1130 g/mol. The van der Waals surface area contributed by atoms with Crippen LogP contribution in [-0.2, 0) is 88.3 Å². The molecule has 0 saturated heterocycles. The number of benzene rings is 4. The van der Waals surface area contributed by atoms with E-state index in [0.717, 1.165) is 23.8 Å². The normalized spacial score (nSPS) is 13.8. The highest BCUT2D eigenvalue weighted by Crippen LogP contribution is 2.16. The molecule has 0 aliphatic carbocycles. The molecule has 0 fully saturated rings.